The lowest BCUT2D eigenvalue weighted by atomic mass is 10.1. The molecule has 0 aliphatic rings. The Labute approximate surface area is 172 Å². The molecule has 0 spiro atoms. The van der Waals surface area contributed by atoms with Crippen LogP contribution in [0.25, 0.3) is 11.4 Å². The van der Waals surface area contributed by atoms with E-state index in [1.807, 2.05) is 13.0 Å². The number of nitrogens with zero attached hydrogens (tertiary/aromatic N) is 2. The molecule has 0 saturated heterocycles. The molecule has 0 atom stereocenters. The average Bonchev–Trinajstić information content (AvgIpc) is 2.67. The van der Waals surface area contributed by atoms with Crippen LogP contribution in [-0.2, 0) is 4.74 Å². The third-order valence-electron chi connectivity index (χ3n) is 3.64. The van der Waals surface area contributed by atoms with E-state index in [2.05, 4.69) is 9.97 Å². The number of aryl methyl sites for hydroxylation is 1. The van der Waals surface area contributed by atoms with E-state index in [0.717, 1.165) is 11.1 Å². The van der Waals surface area contributed by atoms with Crippen LogP contribution in [0.3, 0.4) is 0 Å². The Bertz CT molecular complexity index is 1010. The van der Waals surface area contributed by atoms with Crippen molar-refractivity contribution in [1.82, 2.24) is 9.97 Å². The highest BCUT2D eigenvalue weighted by molar-refractivity contribution is 6.32. The SMILES string of the molecule is CCOC(=O)Oc1cnc(-c2ccc(Cl)c(C)c2)nc1Oc1ccccc1Cl. The van der Waals surface area contributed by atoms with Gasteiger partial charge in [0.2, 0.25) is 5.75 Å². The second-order valence-electron chi connectivity index (χ2n) is 5.64. The molecule has 0 unspecified atom stereocenters. The average molecular weight is 419 g/mol. The summed E-state index contributed by atoms with van der Waals surface area (Å²) in [6, 6.07) is 12.3. The predicted octanol–water partition coefficient (Wildman–Crippen LogP) is 6.09. The predicted molar refractivity (Wildman–Crippen MR) is 106 cm³/mol. The van der Waals surface area contributed by atoms with Crippen LogP contribution in [0.15, 0.2) is 48.7 Å². The van der Waals surface area contributed by atoms with Crippen molar-refractivity contribution in [3.63, 3.8) is 0 Å². The van der Waals surface area contributed by atoms with Gasteiger partial charge in [-0.25, -0.2) is 9.78 Å². The summed E-state index contributed by atoms with van der Waals surface area (Å²) in [6.07, 6.45) is 0.459. The Hall–Kier alpha value is -2.83. The molecule has 0 bridgehead atoms. The first-order valence-electron chi connectivity index (χ1n) is 8.38. The molecule has 0 saturated carbocycles. The lowest BCUT2D eigenvalue weighted by Gasteiger charge is -2.12. The standard InChI is InChI=1S/C20H16Cl2N2O4/c1-3-26-20(25)28-17-11-23-18(13-8-9-14(21)12(2)10-13)24-19(17)27-16-7-5-4-6-15(16)22/h4-11H,3H2,1-2H3. The van der Waals surface area contributed by atoms with Crippen LogP contribution in [0.2, 0.25) is 10.0 Å². The molecule has 144 valence electrons. The van der Waals surface area contributed by atoms with Crippen molar-refractivity contribution >= 4 is 29.4 Å². The zero-order chi connectivity index (χ0) is 20.1. The zero-order valence-electron chi connectivity index (χ0n) is 15.1. The summed E-state index contributed by atoms with van der Waals surface area (Å²) in [4.78, 5) is 20.4. The quantitative estimate of drug-likeness (QED) is 0.467. The summed E-state index contributed by atoms with van der Waals surface area (Å²) in [5.41, 5.74) is 1.61. The number of carbonyl (C=O) groups is 1. The molecule has 28 heavy (non-hydrogen) atoms. The summed E-state index contributed by atoms with van der Waals surface area (Å²) in [5, 5.41) is 1.02. The number of aromatic nitrogens is 2. The van der Waals surface area contributed by atoms with Gasteiger partial charge in [0.25, 0.3) is 5.88 Å². The Balaban J connectivity index is 2.01. The highest BCUT2D eigenvalue weighted by Crippen LogP contribution is 2.35. The van der Waals surface area contributed by atoms with E-state index in [1.54, 1.807) is 43.3 Å². The van der Waals surface area contributed by atoms with Crippen LogP contribution in [0, 0.1) is 6.92 Å². The summed E-state index contributed by atoms with van der Waals surface area (Å²) >= 11 is 12.2. The van der Waals surface area contributed by atoms with Crippen molar-refractivity contribution in [3.8, 4) is 28.8 Å². The maximum absolute atomic E-state index is 11.7. The lowest BCUT2D eigenvalue weighted by molar-refractivity contribution is 0.103. The number of benzene rings is 2. The minimum Gasteiger partial charge on any atom is -0.434 e. The second kappa shape index (κ2) is 8.91. The van der Waals surface area contributed by atoms with E-state index < -0.39 is 6.16 Å². The molecule has 0 radical (unpaired) electrons. The van der Waals surface area contributed by atoms with Gasteiger partial charge in [-0.3, -0.25) is 0 Å². The van der Waals surface area contributed by atoms with Crippen molar-refractivity contribution in [3.05, 3.63) is 64.3 Å². The van der Waals surface area contributed by atoms with Crippen LogP contribution in [0.1, 0.15) is 12.5 Å². The van der Waals surface area contributed by atoms with Crippen LogP contribution < -0.4 is 9.47 Å². The van der Waals surface area contributed by atoms with E-state index in [4.69, 9.17) is 37.4 Å². The van der Waals surface area contributed by atoms with Crippen molar-refractivity contribution in [2.24, 2.45) is 0 Å². The van der Waals surface area contributed by atoms with Crippen molar-refractivity contribution in [1.29, 1.82) is 0 Å². The van der Waals surface area contributed by atoms with Gasteiger partial charge in [-0.15, -0.1) is 0 Å². The topological polar surface area (TPSA) is 70.5 Å². The van der Waals surface area contributed by atoms with E-state index >= 15 is 0 Å². The van der Waals surface area contributed by atoms with Gasteiger partial charge in [-0.05, 0) is 49.7 Å². The third kappa shape index (κ3) is 4.71. The second-order valence-corrected chi connectivity index (χ2v) is 6.46. The Kier molecular flexibility index (Phi) is 6.34. The van der Waals surface area contributed by atoms with Crippen LogP contribution >= 0.6 is 23.2 Å². The van der Waals surface area contributed by atoms with Gasteiger partial charge in [0, 0.05) is 10.6 Å². The minimum absolute atomic E-state index is 0.00723. The Morgan fingerprint density at radius 1 is 1.07 bits per heavy atom. The molecule has 6 nitrogen and oxygen atoms in total. The molecule has 0 amide bonds. The molecule has 3 aromatic rings. The number of halogens is 2. The first-order chi connectivity index (χ1) is 13.5. The van der Waals surface area contributed by atoms with E-state index in [9.17, 15) is 4.79 Å². The fraction of sp³-hybridized carbons (Fsp3) is 0.150. The van der Waals surface area contributed by atoms with Crippen LogP contribution in [0.5, 0.6) is 17.4 Å². The van der Waals surface area contributed by atoms with Crippen molar-refractivity contribution in [2.75, 3.05) is 6.61 Å². The van der Waals surface area contributed by atoms with Gasteiger partial charge < -0.3 is 14.2 Å². The number of carbonyl (C=O) groups excluding carboxylic acids is 1. The van der Waals surface area contributed by atoms with E-state index in [1.165, 1.54) is 6.20 Å². The van der Waals surface area contributed by atoms with Gasteiger partial charge in [-0.1, -0.05) is 35.3 Å². The number of hydrogen-bond donors (Lipinski definition) is 0. The first-order valence-corrected chi connectivity index (χ1v) is 9.14. The van der Waals surface area contributed by atoms with Crippen molar-refractivity contribution in [2.45, 2.75) is 13.8 Å². The Morgan fingerprint density at radius 3 is 2.57 bits per heavy atom. The molecule has 0 fully saturated rings. The number of hydrogen-bond acceptors (Lipinski definition) is 6. The van der Waals surface area contributed by atoms with Gasteiger partial charge in [0.05, 0.1) is 17.8 Å². The highest BCUT2D eigenvalue weighted by atomic mass is 35.5. The van der Waals surface area contributed by atoms with Crippen LogP contribution in [0.4, 0.5) is 4.79 Å². The van der Waals surface area contributed by atoms with Crippen LogP contribution in [-0.4, -0.2) is 22.7 Å². The number of ether oxygens (including phenoxy) is 3. The molecule has 1 heterocycles. The maximum Gasteiger partial charge on any atom is 0.514 e. The minimum atomic E-state index is -0.884. The summed E-state index contributed by atoms with van der Waals surface area (Å²) in [7, 11) is 0. The molecular formula is C20H16Cl2N2O4. The molecule has 0 N–H and O–H groups in total. The molecule has 8 heteroatoms. The maximum atomic E-state index is 11.7. The first kappa shape index (κ1) is 19.9. The summed E-state index contributed by atoms with van der Waals surface area (Å²) in [5.74, 6) is 0.763. The zero-order valence-corrected chi connectivity index (χ0v) is 16.6. The van der Waals surface area contributed by atoms with Gasteiger partial charge in [-0.2, -0.15) is 4.98 Å². The normalized spacial score (nSPS) is 10.4. The molecular weight excluding hydrogens is 403 g/mol. The lowest BCUT2D eigenvalue weighted by Crippen LogP contribution is -2.11. The van der Waals surface area contributed by atoms with Crippen molar-refractivity contribution < 1.29 is 19.0 Å². The molecule has 3 rings (SSSR count). The fourth-order valence-corrected chi connectivity index (χ4v) is 2.58. The monoisotopic (exact) mass is 418 g/mol. The molecule has 1 aromatic heterocycles. The summed E-state index contributed by atoms with van der Waals surface area (Å²) < 4.78 is 15.8. The number of para-hydroxylation sites is 1. The largest absolute Gasteiger partial charge is 0.514 e. The van der Waals surface area contributed by atoms with Gasteiger partial charge in [0.15, 0.2) is 5.82 Å². The molecule has 2 aromatic carbocycles. The van der Waals surface area contributed by atoms with E-state index in [0.29, 0.717) is 21.6 Å². The highest BCUT2D eigenvalue weighted by Gasteiger charge is 2.17. The molecule has 0 aliphatic carbocycles. The van der Waals surface area contributed by atoms with Gasteiger partial charge in [0.1, 0.15) is 5.75 Å². The van der Waals surface area contributed by atoms with Gasteiger partial charge >= 0.3 is 6.16 Å². The fourth-order valence-electron chi connectivity index (χ4n) is 2.29. The van der Waals surface area contributed by atoms with E-state index in [-0.39, 0.29) is 18.2 Å². The molecule has 0 aliphatic heterocycles. The third-order valence-corrected chi connectivity index (χ3v) is 4.37. The summed E-state index contributed by atoms with van der Waals surface area (Å²) in [6.45, 7) is 3.72. The smallest absolute Gasteiger partial charge is 0.434 e. The number of rotatable bonds is 5. The Morgan fingerprint density at radius 2 is 1.86 bits per heavy atom.